The molecule has 43 heavy (non-hydrogen) atoms. The molecule has 12 nitrogen and oxygen atoms in total. The number of para-hydroxylation sites is 1. The fourth-order valence-corrected chi connectivity index (χ4v) is 7.84. The van der Waals surface area contributed by atoms with Gasteiger partial charge in [-0.15, -0.1) is 0 Å². The number of hydrogen-bond donors (Lipinski definition) is 2. The summed E-state index contributed by atoms with van der Waals surface area (Å²) in [5, 5.41) is 2.13. The zero-order valence-corrected chi connectivity index (χ0v) is 25.1. The average molecular weight is 608 g/mol. The highest BCUT2D eigenvalue weighted by atomic mass is 32.2. The molecule has 1 aliphatic carbocycles. The lowest BCUT2D eigenvalue weighted by molar-refractivity contribution is -0.115. The second kappa shape index (κ2) is 12.1. The van der Waals surface area contributed by atoms with E-state index in [9.17, 15) is 23.7 Å². The largest absolute Gasteiger partial charge is 0.616 e. The van der Waals surface area contributed by atoms with Gasteiger partial charge in [0.05, 0.1) is 12.2 Å². The van der Waals surface area contributed by atoms with Crippen molar-refractivity contribution in [3.8, 4) is 0 Å². The average Bonchev–Trinajstić information content (AvgIpc) is 3.75. The Morgan fingerprint density at radius 2 is 1.95 bits per heavy atom. The Morgan fingerprint density at radius 3 is 2.67 bits per heavy atom. The molecule has 1 aromatic carbocycles. The fraction of sp³-hybridized carbons (Fsp3) is 0.500. The highest BCUT2D eigenvalue weighted by Gasteiger charge is 2.36. The van der Waals surface area contributed by atoms with Crippen molar-refractivity contribution in [1.29, 1.82) is 0 Å². The molecule has 228 valence electrons. The van der Waals surface area contributed by atoms with Crippen LogP contribution in [-0.4, -0.2) is 65.1 Å². The van der Waals surface area contributed by atoms with E-state index in [-0.39, 0.29) is 28.5 Å². The molecule has 3 unspecified atom stereocenters. The highest BCUT2D eigenvalue weighted by molar-refractivity contribution is 7.93. The first-order valence-corrected chi connectivity index (χ1v) is 16.3. The molecule has 0 spiro atoms. The van der Waals surface area contributed by atoms with Crippen molar-refractivity contribution in [3.63, 3.8) is 0 Å². The Bertz CT molecular complexity index is 1720. The summed E-state index contributed by atoms with van der Waals surface area (Å²) in [5.74, 6) is 0.175. The lowest BCUT2D eigenvalue weighted by Crippen LogP contribution is -2.44. The first-order chi connectivity index (χ1) is 20.7. The number of aromatic nitrogens is 4. The van der Waals surface area contributed by atoms with E-state index in [1.807, 2.05) is 4.57 Å². The molecule has 2 saturated heterocycles. The summed E-state index contributed by atoms with van der Waals surface area (Å²) < 4.78 is 16.4. The predicted molar refractivity (Wildman–Crippen MR) is 166 cm³/mol. The van der Waals surface area contributed by atoms with Crippen LogP contribution in [0.15, 0.2) is 45.5 Å². The van der Waals surface area contributed by atoms with Crippen LogP contribution in [0.25, 0.3) is 11.2 Å². The van der Waals surface area contributed by atoms with Crippen LogP contribution in [0.5, 0.6) is 0 Å². The van der Waals surface area contributed by atoms with Gasteiger partial charge in [-0.05, 0) is 61.8 Å². The number of piperidine rings is 1. The van der Waals surface area contributed by atoms with Crippen LogP contribution in [0.4, 0.5) is 11.6 Å². The fourth-order valence-electron chi connectivity index (χ4n) is 6.38. The van der Waals surface area contributed by atoms with Crippen LogP contribution in [0.3, 0.4) is 0 Å². The van der Waals surface area contributed by atoms with E-state index in [2.05, 4.69) is 16.3 Å². The monoisotopic (exact) mass is 607 g/mol. The van der Waals surface area contributed by atoms with Crippen molar-refractivity contribution in [1.82, 2.24) is 18.7 Å². The quantitative estimate of drug-likeness (QED) is 0.222. The van der Waals surface area contributed by atoms with Crippen molar-refractivity contribution in [2.24, 2.45) is 12.8 Å². The number of allylic oxidation sites excluding steroid dienone is 2. The number of fused-ring (bicyclic) bond motifs is 1. The van der Waals surface area contributed by atoms with Gasteiger partial charge in [-0.1, -0.05) is 23.8 Å². The van der Waals surface area contributed by atoms with Crippen molar-refractivity contribution in [3.05, 3.63) is 62.3 Å². The molecular formula is C30H37N7O5S. The van der Waals surface area contributed by atoms with Crippen LogP contribution >= 0.6 is 0 Å². The van der Waals surface area contributed by atoms with Crippen molar-refractivity contribution >= 4 is 45.7 Å². The van der Waals surface area contributed by atoms with Crippen molar-refractivity contribution in [2.75, 3.05) is 29.1 Å². The SMILES string of the molecule is Cn1c(=O)n(CC(=O)c2ccccc2NC(=O)C2CCC[S+]2[O-])c(=O)c2c1nc(N1CCCC(N)C1)n2CC1=CCCC1. The first kappa shape index (κ1) is 29.4. The molecule has 0 saturated carbocycles. The maximum atomic E-state index is 14.1. The minimum atomic E-state index is -1.25. The van der Waals surface area contributed by atoms with Crippen LogP contribution in [0.2, 0.25) is 0 Å². The Morgan fingerprint density at radius 1 is 1.14 bits per heavy atom. The lowest BCUT2D eigenvalue weighted by Gasteiger charge is -2.32. The molecule has 0 radical (unpaired) electrons. The molecule has 2 aliphatic heterocycles. The van der Waals surface area contributed by atoms with E-state index in [0.717, 1.165) is 43.2 Å². The maximum Gasteiger partial charge on any atom is 0.332 e. The molecule has 2 aromatic heterocycles. The van der Waals surface area contributed by atoms with E-state index >= 15 is 0 Å². The number of imidazole rings is 1. The number of nitrogens with one attached hydrogen (secondary N) is 1. The van der Waals surface area contributed by atoms with Crippen LogP contribution in [0, 0.1) is 0 Å². The van der Waals surface area contributed by atoms with Gasteiger partial charge < -0.3 is 25.1 Å². The Hall–Kier alpha value is -3.68. The summed E-state index contributed by atoms with van der Waals surface area (Å²) in [6, 6.07) is 6.46. The first-order valence-electron chi connectivity index (χ1n) is 14.9. The van der Waals surface area contributed by atoms with Gasteiger partial charge in [0.15, 0.2) is 22.2 Å². The molecule has 1 amide bonds. The number of benzene rings is 1. The molecule has 3 N–H and O–H groups in total. The van der Waals surface area contributed by atoms with E-state index in [0.29, 0.717) is 37.6 Å². The lowest BCUT2D eigenvalue weighted by atomic mass is 10.1. The molecule has 6 rings (SSSR count). The van der Waals surface area contributed by atoms with Crippen molar-refractivity contribution < 1.29 is 14.1 Å². The summed E-state index contributed by atoms with van der Waals surface area (Å²) >= 11 is -1.25. The number of amides is 1. The molecule has 2 fully saturated rings. The summed E-state index contributed by atoms with van der Waals surface area (Å²) in [5.41, 5.74) is 7.20. The topological polar surface area (TPSA) is 160 Å². The summed E-state index contributed by atoms with van der Waals surface area (Å²) in [4.78, 5) is 60.9. The molecule has 0 bridgehead atoms. The minimum absolute atomic E-state index is 0.0139. The van der Waals surface area contributed by atoms with Gasteiger partial charge in [0.1, 0.15) is 5.75 Å². The number of hydrogen-bond acceptors (Lipinski definition) is 8. The van der Waals surface area contributed by atoms with Crippen LogP contribution in [0.1, 0.15) is 55.3 Å². The third-order valence-electron chi connectivity index (χ3n) is 8.66. The zero-order chi connectivity index (χ0) is 30.2. The second-order valence-electron chi connectivity index (χ2n) is 11.7. The predicted octanol–water partition coefficient (Wildman–Crippen LogP) is 1.67. The molecule has 3 atom stereocenters. The molecule has 3 aromatic rings. The number of nitrogens with two attached hydrogens (primary N) is 1. The summed E-state index contributed by atoms with van der Waals surface area (Å²) in [6.45, 7) is 1.30. The van der Waals surface area contributed by atoms with Gasteiger partial charge in [0.25, 0.3) is 11.5 Å². The number of nitrogens with zero attached hydrogens (tertiary/aromatic N) is 5. The molecular weight excluding hydrogens is 570 g/mol. The normalized spacial score (nSPS) is 22.3. The third-order valence-corrected chi connectivity index (χ3v) is 10.4. The van der Waals surface area contributed by atoms with E-state index in [4.69, 9.17) is 10.7 Å². The second-order valence-corrected chi connectivity index (χ2v) is 13.4. The Kier molecular flexibility index (Phi) is 8.29. The summed E-state index contributed by atoms with van der Waals surface area (Å²) in [7, 11) is 1.55. The maximum absolute atomic E-state index is 14.1. The number of carbonyl (C=O) groups excluding carboxylic acids is 2. The van der Waals surface area contributed by atoms with Gasteiger partial charge in [0.2, 0.25) is 5.95 Å². The van der Waals surface area contributed by atoms with E-state index < -0.39 is 45.9 Å². The van der Waals surface area contributed by atoms with Crippen LogP contribution in [-0.2, 0) is 36.1 Å². The van der Waals surface area contributed by atoms with Gasteiger partial charge in [-0.25, -0.2) is 4.79 Å². The number of Topliss-reactive ketones (excluding diaryl/α,β-unsaturated/α-hetero) is 1. The molecule has 4 heterocycles. The minimum Gasteiger partial charge on any atom is -0.616 e. The van der Waals surface area contributed by atoms with Gasteiger partial charge in [-0.3, -0.25) is 23.5 Å². The smallest absolute Gasteiger partial charge is 0.332 e. The molecule has 13 heteroatoms. The number of ketones is 1. The van der Waals surface area contributed by atoms with Gasteiger partial charge >= 0.3 is 5.69 Å². The van der Waals surface area contributed by atoms with Gasteiger partial charge in [-0.2, -0.15) is 4.98 Å². The number of rotatable bonds is 8. The van der Waals surface area contributed by atoms with Gasteiger partial charge in [0, 0.05) is 44.7 Å². The Labute approximate surface area is 251 Å². The molecule has 3 aliphatic rings. The third kappa shape index (κ3) is 5.68. The zero-order valence-electron chi connectivity index (χ0n) is 24.3. The summed E-state index contributed by atoms with van der Waals surface area (Å²) in [6.07, 6.45) is 8.19. The standard InChI is InChI=1S/C30H37N7O5S/c1-34-26-25(36(16-19-8-2-3-9-19)29(33-26)35-14-6-10-20(31)17-35)28(40)37(30(34)41)18-23(38)21-11-4-5-12-22(21)32-27(39)24-13-7-15-43(24)42/h4-5,8,11-12,20,24H,2-3,6-7,9-10,13-18,31H2,1H3,(H,32,39). The Balaban J connectivity index is 1.38. The number of anilines is 2. The number of aryl methyl sites for hydroxylation is 1. The van der Waals surface area contributed by atoms with Crippen LogP contribution < -0.4 is 27.2 Å². The van der Waals surface area contributed by atoms with E-state index in [1.54, 1.807) is 31.3 Å². The van der Waals surface area contributed by atoms with Crippen molar-refractivity contribution in [2.45, 2.75) is 69.3 Å². The van der Waals surface area contributed by atoms with E-state index in [1.165, 1.54) is 10.1 Å². The number of carbonyl (C=O) groups is 2. The highest BCUT2D eigenvalue weighted by Crippen LogP contribution is 2.28.